The van der Waals surface area contributed by atoms with E-state index in [0.29, 0.717) is 19.3 Å². The Hall–Kier alpha value is -2.63. The second kappa shape index (κ2) is 59.9. The molecule has 71 heavy (non-hydrogen) atoms. The van der Waals surface area contributed by atoms with Gasteiger partial charge in [0.25, 0.3) is 0 Å². The van der Waals surface area contributed by atoms with Gasteiger partial charge in [-0.25, -0.2) is 0 Å². The normalized spacial score (nSPS) is 12.3. The van der Waals surface area contributed by atoms with Crippen molar-refractivity contribution in [2.75, 3.05) is 13.2 Å². The summed E-state index contributed by atoms with van der Waals surface area (Å²) in [5.41, 5.74) is 0. The van der Waals surface area contributed by atoms with Gasteiger partial charge in [0.05, 0.1) is 0 Å². The number of carbonyl (C=O) groups is 3. The third-order valence-electron chi connectivity index (χ3n) is 13.8. The summed E-state index contributed by atoms with van der Waals surface area (Å²) in [7, 11) is 0. The van der Waals surface area contributed by atoms with E-state index in [1.54, 1.807) is 0 Å². The Morgan fingerprint density at radius 2 is 0.549 bits per heavy atom. The summed E-state index contributed by atoms with van der Waals surface area (Å²) in [5.74, 6) is -0.892. The second-order valence-electron chi connectivity index (χ2n) is 21.0. The molecular weight excluding hydrogens is 877 g/mol. The summed E-state index contributed by atoms with van der Waals surface area (Å²) >= 11 is 0. The van der Waals surface area contributed by atoms with Crippen molar-refractivity contribution in [3.8, 4) is 0 Å². The van der Waals surface area contributed by atoms with Crippen molar-refractivity contribution in [1.29, 1.82) is 0 Å². The zero-order chi connectivity index (χ0) is 51.4. The smallest absolute Gasteiger partial charge is 0.306 e. The maximum Gasteiger partial charge on any atom is 0.306 e. The maximum atomic E-state index is 12.8. The molecule has 0 rings (SSSR count). The highest BCUT2D eigenvalue weighted by Crippen LogP contribution is 2.18. The lowest BCUT2D eigenvalue weighted by Gasteiger charge is -2.18. The highest BCUT2D eigenvalue weighted by Gasteiger charge is 2.19. The summed E-state index contributed by atoms with van der Waals surface area (Å²) in [4.78, 5) is 38.0. The molecule has 0 saturated carbocycles. The van der Waals surface area contributed by atoms with Crippen LogP contribution in [-0.2, 0) is 28.6 Å². The van der Waals surface area contributed by atoms with Crippen LogP contribution in [0.2, 0.25) is 0 Å². The Kier molecular flexibility index (Phi) is 57.7. The predicted molar refractivity (Wildman–Crippen MR) is 307 cm³/mol. The van der Waals surface area contributed by atoms with E-state index in [1.165, 1.54) is 193 Å². The fraction of sp³-hybridized carbons (Fsp3) is 0.831. The molecule has 0 aliphatic carbocycles. The summed E-state index contributed by atoms with van der Waals surface area (Å²) < 4.78 is 16.8. The van der Waals surface area contributed by atoms with Crippen LogP contribution in [0.5, 0.6) is 0 Å². The Bertz CT molecular complexity index is 1230. The van der Waals surface area contributed by atoms with Crippen LogP contribution in [0, 0.1) is 0 Å². The molecule has 0 radical (unpaired) electrons. The van der Waals surface area contributed by atoms with E-state index in [1.807, 2.05) is 0 Å². The fourth-order valence-corrected chi connectivity index (χ4v) is 9.20. The number of carbonyl (C=O) groups excluding carboxylic acids is 3. The standard InChI is InChI=1S/C65H118O6/c1-4-7-10-13-16-19-21-23-25-27-28-29-30-31-32-33-34-35-36-37-39-40-42-44-46-49-52-55-58-64(67)70-61-62(60-69-63(66)57-54-51-48-18-15-12-9-6-3)71-65(68)59-56-53-50-47-45-43-41-38-26-24-22-20-17-14-11-8-5-2/h8,11,17,20,24,26,41,43,62H,4-7,9-10,12-16,18-19,21-23,25,27-40,42,44-61H2,1-3H3/b11-8-,20-17-,26-24-,43-41-. The van der Waals surface area contributed by atoms with Crippen LogP contribution in [0.25, 0.3) is 0 Å². The van der Waals surface area contributed by atoms with Gasteiger partial charge in [0.2, 0.25) is 0 Å². The van der Waals surface area contributed by atoms with Crippen LogP contribution in [0.3, 0.4) is 0 Å². The third kappa shape index (κ3) is 58.1. The minimum Gasteiger partial charge on any atom is -0.462 e. The van der Waals surface area contributed by atoms with E-state index < -0.39 is 6.10 Å². The predicted octanol–water partition coefficient (Wildman–Crippen LogP) is 21.0. The van der Waals surface area contributed by atoms with Crippen molar-refractivity contribution >= 4 is 17.9 Å². The molecule has 0 fully saturated rings. The number of allylic oxidation sites excluding steroid dienone is 8. The highest BCUT2D eigenvalue weighted by molar-refractivity contribution is 5.71. The van der Waals surface area contributed by atoms with E-state index in [2.05, 4.69) is 69.4 Å². The Balaban J connectivity index is 4.10. The Labute approximate surface area is 441 Å². The molecule has 0 aliphatic heterocycles. The van der Waals surface area contributed by atoms with Gasteiger partial charge in [-0.3, -0.25) is 14.4 Å². The van der Waals surface area contributed by atoms with Gasteiger partial charge >= 0.3 is 17.9 Å². The van der Waals surface area contributed by atoms with Crippen molar-refractivity contribution in [3.63, 3.8) is 0 Å². The molecule has 0 aromatic carbocycles. The largest absolute Gasteiger partial charge is 0.462 e. The van der Waals surface area contributed by atoms with E-state index in [4.69, 9.17) is 14.2 Å². The van der Waals surface area contributed by atoms with Gasteiger partial charge in [-0.05, 0) is 57.8 Å². The second-order valence-corrected chi connectivity index (χ2v) is 21.0. The SMILES string of the molecule is CC/C=C\C/C=C\C/C=C\C/C=C\CCCCCCC(=O)OC(COC(=O)CCCCCCCCCC)COC(=O)CCCCCCCCCCCCCCCCCCCCCCCCCCCCCC. The van der Waals surface area contributed by atoms with Gasteiger partial charge < -0.3 is 14.2 Å². The molecule has 0 bridgehead atoms. The number of ether oxygens (including phenoxy) is 3. The summed E-state index contributed by atoms with van der Waals surface area (Å²) in [6.07, 6.45) is 74.4. The van der Waals surface area contributed by atoms with Gasteiger partial charge in [-0.2, -0.15) is 0 Å². The zero-order valence-electron chi connectivity index (χ0n) is 47.5. The van der Waals surface area contributed by atoms with E-state index in [-0.39, 0.29) is 31.1 Å². The van der Waals surface area contributed by atoms with Gasteiger partial charge in [0, 0.05) is 19.3 Å². The molecule has 0 spiro atoms. The van der Waals surface area contributed by atoms with E-state index in [0.717, 1.165) is 96.3 Å². The van der Waals surface area contributed by atoms with Crippen LogP contribution < -0.4 is 0 Å². The zero-order valence-corrected chi connectivity index (χ0v) is 47.5. The molecule has 1 unspecified atom stereocenters. The summed E-state index contributed by atoms with van der Waals surface area (Å²) in [6, 6.07) is 0. The molecule has 0 amide bonds. The first-order valence-electron chi connectivity index (χ1n) is 31.1. The molecule has 6 nitrogen and oxygen atoms in total. The van der Waals surface area contributed by atoms with Crippen LogP contribution in [-0.4, -0.2) is 37.2 Å². The third-order valence-corrected chi connectivity index (χ3v) is 13.8. The summed E-state index contributed by atoms with van der Waals surface area (Å²) in [6.45, 7) is 6.52. The monoisotopic (exact) mass is 995 g/mol. The number of hydrogen-bond acceptors (Lipinski definition) is 6. The van der Waals surface area contributed by atoms with Gasteiger partial charge in [-0.15, -0.1) is 0 Å². The Morgan fingerprint density at radius 1 is 0.296 bits per heavy atom. The van der Waals surface area contributed by atoms with Crippen molar-refractivity contribution < 1.29 is 28.6 Å². The molecule has 414 valence electrons. The van der Waals surface area contributed by atoms with Crippen LogP contribution in [0.15, 0.2) is 48.6 Å². The number of unbranched alkanes of at least 4 members (excludes halogenated alkanes) is 38. The molecule has 1 atom stereocenters. The molecule has 0 saturated heterocycles. The quantitative estimate of drug-likeness (QED) is 0.0261. The average molecular weight is 996 g/mol. The minimum absolute atomic E-state index is 0.0793. The minimum atomic E-state index is -0.782. The van der Waals surface area contributed by atoms with Crippen LogP contribution in [0.4, 0.5) is 0 Å². The first-order chi connectivity index (χ1) is 35.0. The van der Waals surface area contributed by atoms with Crippen LogP contribution in [0.1, 0.15) is 329 Å². The topological polar surface area (TPSA) is 78.9 Å². The number of esters is 3. The first-order valence-corrected chi connectivity index (χ1v) is 31.1. The van der Waals surface area contributed by atoms with Gasteiger partial charge in [-0.1, -0.05) is 301 Å². The van der Waals surface area contributed by atoms with Crippen molar-refractivity contribution in [1.82, 2.24) is 0 Å². The lowest BCUT2D eigenvalue weighted by atomic mass is 10.0. The summed E-state index contributed by atoms with van der Waals surface area (Å²) in [5, 5.41) is 0. The average Bonchev–Trinajstić information content (AvgIpc) is 3.37. The van der Waals surface area contributed by atoms with Crippen molar-refractivity contribution in [2.24, 2.45) is 0 Å². The molecule has 0 heterocycles. The molecule has 0 N–H and O–H groups in total. The lowest BCUT2D eigenvalue weighted by Crippen LogP contribution is -2.30. The molecular formula is C65H118O6. The van der Waals surface area contributed by atoms with Gasteiger partial charge in [0.15, 0.2) is 6.10 Å². The Morgan fingerprint density at radius 3 is 0.859 bits per heavy atom. The van der Waals surface area contributed by atoms with Crippen LogP contribution >= 0.6 is 0 Å². The highest BCUT2D eigenvalue weighted by atomic mass is 16.6. The fourth-order valence-electron chi connectivity index (χ4n) is 9.20. The molecule has 0 aliphatic rings. The lowest BCUT2D eigenvalue weighted by molar-refractivity contribution is -0.167. The number of rotatable bonds is 57. The first kappa shape index (κ1) is 68.4. The van der Waals surface area contributed by atoms with E-state index >= 15 is 0 Å². The molecule has 0 aromatic rings. The van der Waals surface area contributed by atoms with Gasteiger partial charge in [0.1, 0.15) is 13.2 Å². The molecule has 6 heteroatoms. The van der Waals surface area contributed by atoms with E-state index in [9.17, 15) is 14.4 Å². The maximum absolute atomic E-state index is 12.8. The number of hydrogen-bond donors (Lipinski definition) is 0. The molecule has 0 aromatic heterocycles. The van der Waals surface area contributed by atoms with Crippen molar-refractivity contribution in [2.45, 2.75) is 335 Å². The van der Waals surface area contributed by atoms with Crippen molar-refractivity contribution in [3.05, 3.63) is 48.6 Å².